The van der Waals surface area contributed by atoms with Crippen LogP contribution in [0.4, 0.5) is 13.2 Å². The largest absolute Gasteiger partial charge is 0.416 e. The number of likely N-dealkylation sites (N-methyl/N-ethyl adjacent to an activating group) is 1. The van der Waals surface area contributed by atoms with Crippen molar-refractivity contribution in [2.45, 2.75) is 56.3 Å². The molecule has 3 aromatic rings. The predicted molar refractivity (Wildman–Crippen MR) is 110 cm³/mol. The van der Waals surface area contributed by atoms with Crippen LogP contribution in [0.1, 0.15) is 52.8 Å². The Labute approximate surface area is 172 Å². The predicted octanol–water partition coefficient (Wildman–Crippen LogP) is 6.36. The van der Waals surface area contributed by atoms with Crippen molar-refractivity contribution in [3.8, 4) is 0 Å². The van der Waals surface area contributed by atoms with Gasteiger partial charge in [0.1, 0.15) is 0 Å². The lowest BCUT2D eigenvalue weighted by molar-refractivity contribution is -0.137. The minimum atomic E-state index is -4.34. The lowest BCUT2D eigenvalue weighted by Gasteiger charge is -2.42. The average Bonchev–Trinajstić information content (AvgIpc) is 3.19. The van der Waals surface area contributed by atoms with Gasteiger partial charge in [-0.2, -0.15) is 13.2 Å². The van der Waals surface area contributed by atoms with Crippen LogP contribution in [-0.4, -0.2) is 29.0 Å². The number of piperidine rings is 1. The molecule has 6 heteroatoms. The van der Waals surface area contributed by atoms with Crippen molar-refractivity contribution in [3.63, 3.8) is 0 Å². The Balaban J connectivity index is 1.59. The molecule has 1 aromatic heterocycles. The number of hydrogen-bond donors (Lipinski definition) is 0. The van der Waals surface area contributed by atoms with Crippen LogP contribution in [0, 0.1) is 6.92 Å². The first kappa shape index (κ1) is 19.1. The van der Waals surface area contributed by atoms with E-state index in [1.807, 2.05) is 0 Å². The summed E-state index contributed by atoms with van der Waals surface area (Å²) in [6, 6.07) is 13.6. The van der Waals surface area contributed by atoms with Crippen molar-refractivity contribution in [2.24, 2.45) is 0 Å². The van der Waals surface area contributed by atoms with Crippen molar-refractivity contribution in [1.82, 2.24) is 9.88 Å². The molecule has 0 radical (unpaired) electrons. The number of aryl methyl sites for hydroxylation is 1. The van der Waals surface area contributed by atoms with Gasteiger partial charge in [0.05, 0.1) is 20.8 Å². The maximum Gasteiger partial charge on any atom is 0.416 e. The number of fused-ring (bicyclic) bond motifs is 3. The van der Waals surface area contributed by atoms with Gasteiger partial charge in [0.15, 0.2) is 0 Å². The van der Waals surface area contributed by atoms with Gasteiger partial charge in [0, 0.05) is 18.0 Å². The molecule has 29 heavy (non-hydrogen) atoms. The van der Waals surface area contributed by atoms with E-state index in [0.29, 0.717) is 23.5 Å². The number of rotatable bonds is 2. The number of halogens is 3. The monoisotopic (exact) mass is 416 g/mol. The number of thiazole rings is 1. The second kappa shape index (κ2) is 6.81. The summed E-state index contributed by atoms with van der Waals surface area (Å²) in [6.07, 6.45) is -0.961. The van der Waals surface area contributed by atoms with Gasteiger partial charge in [0.2, 0.25) is 0 Å². The van der Waals surface area contributed by atoms with Gasteiger partial charge in [-0.05, 0) is 62.9 Å². The molecule has 0 saturated carbocycles. The first-order chi connectivity index (χ1) is 13.8. The van der Waals surface area contributed by atoms with E-state index < -0.39 is 11.7 Å². The van der Waals surface area contributed by atoms with E-state index in [0.717, 1.165) is 22.5 Å². The molecule has 2 nitrogen and oxygen atoms in total. The highest BCUT2D eigenvalue weighted by Gasteiger charge is 2.47. The van der Waals surface area contributed by atoms with E-state index in [1.165, 1.54) is 29.7 Å². The molecule has 2 aromatic carbocycles. The highest BCUT2D eigenvalue weighted by atomic mass is 32.1. The van der Waals surface area contributed by atoms with Crippen LogP contribution in [0.25, 0.3) is 10.2 Å². The molecular formula is C23H23F3N2S. The van der Waals surface area contributed by atoms with E-state index in [2.05, 4.69) is 43.1 Å². The van der Waals surface area contributed by atoms with Crippen LogP contribution >= 0.6 is 11.3 Å². The first-order valence-electron chi connectivity index (χ1n) is 10.1. The van der Waals surface area contributed by atoms with Crippen molar-refractivity contribution in [1.29, 1.82) is 0 Å². The van der Waals surface area contributed by atoms with Gasteiger partial charge in [0.25, 0.3) is 0 Å². The fourth-order valence-electron chi connectivity index (χ4n) is 5.22. The van der Waals surface area contributed by atoms with Crippen LogP contribution in [0.15, 0.2) is 42.5 Å². The summed E-state index contributed by atoms with van der Waals surface area (Å²) in [5, 5.41) is 0.974. The average molecular weight is 417 g/mol. The highest BCUT2D eigenvalue weighted by molar-refractivity contribution is 7.18. The molecule has 0 amide bonds. The zero-order valence-electron chi connectivity index (χ0n) is 16.4. The molecule has 4 atom stereocenters. The quantitative estimate of drug-likeness (QED) is 0.483. The summed E-state index contributed by atoms with van der Waals surface area (Å²) >= 11 is 1.56. The maximum absolute atomic E-state index is 13.1. The third-order valence-electron chi connectivity index (χ3n) is 6.79. The van der Waals surface area contributed by atoms with Gasteiger partial charge in [-0.25, -0.2) is 4.98 Å². The SMILES string of the molecule is Cc1ccc([C@H]2C[C@H]3CCC([C@@H]2c2nc4cc(C(F)(F)F)ccc4s2)N3C)cc1. The van der Waals surface area contributed by atoms with E-state index in [9.17, 15) is 13.2 Å². The van der Waals surface area contributed by atoms with E-state index in [1.54, 1.807) is 17.4 Å². The van der Waals surface area contributed by atoms with Crippen LogP contribution in [-0.2, 0) is 6.18 Å². The highest BCUT2D eigenvalue weighted by Crippen LogP contribution is 2.52. The fraction of sp³-hybridized carbons (Fsp3) is 0.435. The molecule has 2 saturated heterocycles. The van der Waals surface area contributed by atoms with Crippen LogP contribution in [0.2, 0.25) is 0 Å². The van der Waals surface area contributed by atoms with Crippen molar-refractivity contribution >= 4 is 21.6 Å². The number of nitrogens with zero attached hydrogens (tertiary/aromatic N) is 2. The molecule has 2 fully saturated rings. The lowest BCUT2D eigenvalue weighted by atomic mass is 9.76. The number of aromatic nitrogens is 1. The Kier molecular flexibility index (Phi) is 4.48. The minimum absolute atomic E-state index is 0.216. The van der Waals surface area contributed by atoms with Crippen molar-refractivity contribution in [2.75, 3.05) is 7.05 Å². The Morgan fingerprint density at radius 1 is 1.07 bits per heavy atom. The molecule has 1 unspecified atom stereocenters. The smallest absolute Gasteiger partial charge is 0.300 e. The Morgan fingerprint density at radius 2 is 1.83 bits per heavy atom. The summed E-state index contributed by atoms with van der Waals surface area (Å²) < 4.78 is 40.2. The molecule has 2 bridgehead atoms. The molecular weight excluding hydrogens is 393 g/mol. The Morgan fingerprint density at radius 3 is 2.55 bits per heavy atom. The van der Waals surface area contributed by atoms with E-state index in [4.69, 9.17) is 4.98 Å². The molecule has 5 rings (SSSR count). The molecule has 2 aliphatic rings. The van der Waals surface area contributed by atoms with Gasteiger partial charge in [-0.15, -0.1) is 11.3 Å². The fourth-order valence-corrected chi connectivity index (χ4v) is 6.40. The molecule has 2 aliphatic heterocycles. The molecule has 3 heterocycles. The third-order valence-corrected chi connectivity index (χ3v) is 7.93. The van der Waals surface area contributed by atoms with Gasteiger partial charge in [-0.1, -0.05) is 29.8 Å². The zero-order valence-corrected chi connectivity index (χ0v) is 17.2. The van der Waals surface area contributed by atoms with Crippen LogP contribution in [0.5, 0.6) is 0 Å². The van der Waals surface area contributed by atoms with Crippen LogP contribution < -0.4 is 0 Å². The molecule has 152 valence electrons. The summed E-state index contributed by atoms with van der Waals surface area (Å²) in [4.78, 5) is 7.22. The molecule has 0 N–H and O–H groups in total. The Hall–Kier alpha value is -1.92. The van der Waals surface area contributed by atoms with Crippen molar-refractivity contribution in [3.05, 3.63) is 64.2 Å². The minimum Gasteiger partial charge on any atom is -0.300 e. The third kappa shape index (κ3) is 3.26. The van der Waals surface area contributed by atoms with Crippen LogP contribution in [0.3, 0.4) is 0 Å². The number of alkyl halides is 3. The summed E-state index contributed by atoms with van der Waals surface area (Å²) in [6.45, 7) is 2.09. The summed E-state index contributed by atoms with van der Waals surface area (Å²) in [5.41, 5.74) is 2.39. The second-order valence-corrected chi connectivity index (χ2v) is 9.54. The normalized spacial score (nSPS) is 27.6. The second-order valence-electron chi connectivity index (χ2n) is 8.48. The zero-order chi connectivity index (χ0) is 20.3. The number of benzene rings is 2. The van der Waals surface area contributed by atoms with E-state index >= 15 is 0 Å². The Bertz CT molecular complexity index is 1040. The first-order valence-corrected chi connectivity index (χ1v) is 10.9. The number of hydrogen-bond acceptors (Lipinski definition) is 3. The summed E-state index contributed by atoms with van der Waals surface area (Å²) in [5.74, 6) is 0.570. The van der Waals surface area contributed by atoms with Gasteiger partial charge in [-0.3, -0.25) is 4.90 Å². The summed E-state index contributed by atoms with van der Waals surface area (Å²) in [7, 11) is 2.19. The lowest BCUT2D eigenvalue weighted by Crippen LogP contribution is -2.44. The standard InChI is InChI=1S/C23H23F3N2S/c1-13-3-5-14(6-4-13)17-12-16-8-9-19(28(16)2)21(17)22-27-18-11-15(23(24,25)26)7-10-20(18)29-22/h3-7,10-11,16-17,19,21H,8-9,12H2,1-2H3/t16-,17-,19?,21-/m1/s1. The molecule has 0 aliphatic carbocycles. The maximum atomic E-state index is 13.1. The topological polar surface area (TPSA) is 16.1 Å². The van der Waals surface area contributed by atoms with Gasteiger partial charge >= 0.3 is 6.18 Å². The molecule has 0 spiro atoms. The van der Waals surface area contributed by atoms with E-state index in [-0.39, 0.29) is 5.92 Å². The van der Waals surface area contributed by atoms with Gasteiger partial charge < -0.3 is 0 Å². The van der Waals surface area contributed by atoms with Crippen molar-refractivity contribution < 1.29 is 13.2 Å².